The monoisotopic (exact) mass is 273 g/mol. The van der Waals surface area contributed by atoms with Crippen molar-refractivity contribution in [1.82, 2.24) is 5.32 Å². The summed E-state index contributed by atoms with van der Waals surface area (Å²) in [5, 5.41) is 2.71. The Morgan fingerprint density at radius 1 is 1.35 bits per heavy atom. The number of carbonyl (C=O) groups excluding carboxylic acids is 1. The Kier molecular flexibility index (Phi) is 4.58. The van der Waals surface area contributed by atoms with Crippen LogP contribution in [0.2, 0.25) is 0 Å². The molecule has 1 aromatic carbocycles. The number of methoxy groups -OCH3 is 1. The van der Waals surface area contributed by atoms with Crippen LogP contribution in [0.5, 0.6) is 0 Å². The summed E-state index contributed by atoms with van der Waals surface area (Å²) in [6, 6.07) is 11.4. The fourth-order valence-electron chi connectivity index (χ4n) is 1.94. The summed E-state index contributed by atoms with van der Waals surface area (Å²) in [5.74, 6) is 0.809. The molecule has 0 spiro atoms. The lowest BCUT2D eigenvalue weighted by Gasteiger charge is -2.10. The Labute approximate surface area is 118 Å². The summed E-state index contributed by atoms with van der Waals surface area (Å²) in [6.45, 7) is 4.44. The van der Waals surface area contributed by atoms with Crippen molar-refractivity contribution in [2.45, 2.75) is 20.0 Å². The molecule has 4 heteroatoms. The maximum atomic E-state index is 11.7. The van der Waals surface area contributed by atoms with Crippen molar-refractivity contribution < 1.29 is 13.9 Å². The first-order chi connectivity index (χ1) is 9.65. The molecule has 1 atom stereocenters. The standard InChI is InChI=1S/C16H19NO3/c1-4-17-16(18)15-9-8-14(20-15)13-7-5-6-12(10-13)11(2)19-3/h5-11H,4H2,1-3H3,(H,17,18)/t11-/m0/s1. The van der Waals surface area contributed by atoms with Crippen LogP contribution < -0.4 is 5.32 Å². The summed E-state index contributed by atoms with van der Waals surface area (Å²) in [5.41, 5.74) is 2.00. The predicted molar refractivity (Wildman–Crippen MR) is 77.6 cm³/mol. The number of rotatable bonds is 5. The van der Waals surface area contributed by atoms with Gasteiger partial charge in [0.05, 0.1) is 6.10 Å². The highest BCUT2D eigenvalue weighted by molar-refractivity contribution is 5.92. The van der Waals surface area contributed by atoms with Gasteiger partial charge in [-0.3, -0.25) is 4.79 Å². The van der Waals surface area contributed by atoms with Crippen molar-refractivity contribution in [3.63, 3.8) is 0 Å². The van der Waals surface area contributed by atoms with Gasteiger partial charge < -0.3 is 14.5 Å². The highest BCUT2D eigenvalue weighted by Gasteiger charge is 2.12. The summed E-state index contributed by atoms with van der Waals surface area (Å²) >= 11 is 0. The minimum absolute atomic E-state index is 0.0211. The molecule has 106 valence electrons. The summed E-state index contributed by atoms with van der Waals surface area (Å²) in [7, 11) is 1.68. The molecule has 1 N–H and O–H groups in total. The Morgan fingerprint density at radius 2 is 2.15 bits per heavy atom. The minimum atomic E-state index is -0.194. The van der Waals surface area contributed by atoms with E-state index >= 15 is 0 Å². The first-order valence-electron chi connectivity index (χ1n) is 6.67. The Morgan fingerprint density at radius 3 is 2.85 bits per heavy atom. The minimum Gasteiger partial charge on any atom is -0.451 e. The van der Waals surface area contributed by atoms with Gasteiger partial charge in [-0.1, -0.05) is 18.2 Å². The van der Waals surface area contributed by atoms with E-state index in [1.165, 1.54) is 0 Å². The average Bonchev–Trinajstić information content (AvgIpc) is 2.97. The Balaban J connectivity index is 2.26. The van der Waals surface area contributed by atoms with Gasteiger partial charge in [0.25, 0.3) is 5.91 Å². The van der Waals surface area contributed by atoms with Gasteiger partial charge in [-0.25, -0.2) is 0 Å². The van der Waals surface area contributed by atoms with Crippen LogP contribution in [0, 0.1) is 0 Å². The van der Waals surface area contributed by atoms with E-state index in [1.807, 2.05) is 38.1 Å². The number of amides is 1. The third kappa shape index (κ3) is 3.08. The molecular formula is C16H19NO3. The normalized spacial score (nSPS) is 12.2. The van der Waals surface area contributed by atoms with Crippen molar-refractivity contribution in [3.05, 3.63) is 47.7 Å². The second-order valence-corrected chi connectivity index (χ2v) is 4.53. The zero-order valence-corrected chi connectivity index (χ0v) is 12.0. The van der Waals surface area contributed by atoms with Crippen molar-refractivity contribution in [3.8, 4) is 11.3 Å². The van der Waals surface area contributed by atoms with E-state index in [2.05, 4.69) is 5.32 Å². The van der Waals surface area contributed by atoms with Crippen LogP contribution in [0.1, 0.15) is 36.1 Å². The average molecular weight is 273 g/mol. The van der Waals surface area contributed by atoms with Crippen molar-refractivity contribution >= 4 is 5.91 Å². The number of carbonyl (C=O) groups is 1. The molecule has 0 fully saturated rings. The van der Waals surface area contributed by atoms with E-state index in [0.29, 0.717) is 18.1 Å². The summed E-state index contributed by atoms with van der Waals surface area (Å²) < 4.78 is 10.9. The molecule has 0 aliphatic rings. The van der Waals surface area contributed by atoms with E-state index in [-0.39, 0.29) is 12.0 Å². The van der Waals surface area contributed by atoms with E-state index in [4.69, 9.17) is 9.15 Å². The molecule has 1 heterocycles. The van der Waals surface area contributed by atoms with Gasteiger partial charge in [0.2, 0.25) is 0 Å². The first kappa shape index (κ1) is 14.3. The molecule has 0 saturated heterocycles. The molecular weight excluding hydrogens is 254 g/mol. The smallest absolute Gasteiger partial charge is 0.287 e. The molecule has 1 amide bonds. The van der Waals surface area contributed by atoms with E-state index < -0.39 is 0 Å². The molecule has 0 radical (unpaired) electrons. The zero-order valence-electron chi connectivity index (χ0n) is 12.0. The summed E-state index contributed by atoms with van der Waals surface area (Å²) in [6.07, 6.45) is 0.0211. The third-order valence-corrected chi connectivity index (χ3v) is 3.16. The highest BCUT2D eigenvalue weighted by Crippen LogP contribution is 2.26. The fraction of sp³-hybridized carbons (Fsp3) is 0.312. The number of hydrogen-bond donors (Lipinski definition) is 1. The van der Waals surface area contributed by atoms with E-state index in [9.17, 15) is 4.79 Å². The second kappa shape index (κ2) is 6.39. The first-order valence-corrected chi connectivity index (χ1v) is 6.67. The number of hydrogen-bond acceptors (Lipinski definition) is 3. The fourth-order valence-corrected chi connectivity index (χ4v) is 1.94. The van der Waals surface area contributed by atoms with Crippen LogP contribution in [0.3, 0.4) is 0 Å². The van der Waals surface area contributed by atoms with Gasteiger partial charge in [-0.2, -0.15) is 0 Å². The van der Waals surface area contributed by atoms with Crippen LogP contribution in [0.15, 0.2) is 40.8 Å². The van der Waals surface area contributed by atoms with Crippen LogP contribution in [-0.2, 0) is 4.74 Å². The predicted octanol–water partition coefficient (Wildman–Crippen LogP) is 3.40. The van der Waals surface area contributed by atoms with Crippen molar-refractivity contribution in [2.24, 2.45) is 0 Å². The Hall–Kier alpha value is -2.07. The lowest BCUT2D eigenvalue weighted by Crippen LogP contribution is -2.21. The van der Waals surface area contributed by atoms with E-state index in [0.717, 1.165) is 11.1 Å². The highest BCUT2D eigenvalue weighted by atomic mass is 16.5. The molecule has 1 aromatic heterocycles. The van der Waals surface area contributed by atoms with Gasteiger partial charge in [-0.15, -0.1) is 0 Å². The molecule has 0 unspecified atom stereocenters. The Bertz CT molecular complexity index is 589. The largest absolute Gasteiger partial charge is 0.451 e. The summed E-state index contributed by atoms with van der Waals surface area (Å²) in [4.78, 5) is 11.7. The molecule has 20 heavy (non-hydrogen) atoms. The number of furan rings is 1. The molecule has 2 aromatic rings. The second-order valence-electron chi connectivity index (χ2n) is 4.53. The maximum Gasteiger partial charge on any atom is 0.287 e. The van der Waals surface area contributed by atoms with E-state index in [1.54, 1.807) is 19.2 Å². The third-order valence-electron chi connectivity index (χ3n) is 3.16. The lowest BCUT2D eigenvalue weighted by molar-refractivity contribution is 0.0929. The zero-order chi connectivity index (χ0) is 14.5. The number of nitrogens with one attached hydrogen (secondary N) is 1. The topological polar surface area (TPSA) is 51.5 Å². The van der Waals surface area contributed by atoms with Crippen LogP contribution in [-0.4, -0.2) is 19.6 Å². The number of ether oxygens (including phenoxy) is 1. The van der Waals surface area contributed by atoms with Gasteiger partial charge in [-0.05, 0) is 37.6 Å². The lowest BCUT2D eigenvalue weighted by atomic mass is 10.1. The van der Waals surface area contributed by atoms with Gasteiger partial charge in [0, 0.05) is 19.2 Å². The van der Waals surface area contributed by atoms with Gasteiger partial charge in [0.15, 0.2) is 5.76 Å². The van der Waals surface area contributed by atoms with Gasteiger partial charge >= 0.3 is 0 Å². The SMILES string of the molecule is CCNC(=O)c1ccc(-c2cccc([C@H](C)OC)c2)o1. The van der Waals surface area contributed by atoms with Gasteiger partial charge in [0.1, 0.15) is 5.76 Å². The molecule has 0 aliphatic heterocycles. The molecule has 0 aliphatic carbocycles. The molecule has 4 nitrogen and oxygen atoms in total. The number of benzene rings is 1. The van der Waals surface area contributed by atoms with Crippen LogP contribution in [0.4, 0.5) is 0 Å². The van der Waals surface area contributed by atoms with Crippen molar-refractivity contribution in [1.29, 1.82) is 0 Å². The quantitative estimate of drug-likeness (QED) is 0.908. The van der Waals surface area contributed by atoms with Crippen LogP contribution in [0.25, 0.3) is 11.3 Å². The molecule has 0 bridgehead atoms. The molecule has 0 saturated carbocycles. The molecule has 2 rings (SSSR count). The van der Waals surface area contributed by atoms with Crippen molar-refractivity contribution in [2.75, 3.05) is 13.7 Å². The maximum absolute atomic E-state index is 11.7. The van der Waals surface area contributed by atoms with Crippen LogP contribution >= 0.6 is 0 Å².